The van der Waals surface area contributed by atoms with Crippen molar-refractivity contribution in [3.05, 3.63) is 90.1 Å². The highest BCUT2D eigenvalue weighted by Gasteiger charge is 2.42. The molecule has 2 amide bonds. The summed E-state index contributed by atoms with van der Waals surface area (Å²) in [6.45, 7) is 5.05. The Balaban J connectivity index is 1.79. The third-order valence-electron chi connectivity index (χ3n) is 5.54. The first-order valence-electron chi connectivity index (χ1n) is 11.4. The third kappa shape index (κ3) is 4.53. The lowest BCUT2D eigenvalue weighted by atomic mass is 10.0. The highest BCUT2D eigenvalue weighted by atomic mass is 16.5. The predicted molar refractivity (Wildman–Crippen MR) is 134 cm³/mol. The summed E-state index contributed by atoms with van der Waals surface area (Å²) in [7, 11) is 1.80. The van der Waals surface area contributed by atoms with Gasteiger partial charge in [-0.05, 0) is 55.3 Å². The molecule has 4 rings (SSSR count). The summed E-state index contributed by atoms with van der Waals surface area (Å²) in [5.41, 5.74) is 2.60. The van der Waals surface area contributed by atoms with E-state index < -0.39 is 0 Å². The number of para-hydroxylation sites is 1. The highest BCUT2D eigenvalue weighted by Crippen LogP contribution is 2.37. The van der Waals surface area contributed by atoms with E-state index >= 15 is 0 Å². The van der Waals surface area contributed by atoms with Gasteiger partial charge in [-0.2, -0.15) is 0 Å². The fourth-order valence-corrected chi connectivity index (χ4v) is 3.92. The largest absolute Gasteiger partial charge is 0.494 e. The lowest BCUT2D eigenvalue weighted by Gasteiger charge is -2.21. The van der Waals surface area contributed by atoms with Gasteiger partial charge >= 0.3 is 0 Å². The number of imide groups is 1. The molecule has 0 bridgehead atoms. The Morgan fingerprint density at radius 2 is 1.53 bits per heavy atom. The number of hydrogen-bond donors (Lipinski definition) is 0. The van der Waals surface area contributed by atoms with Gasteiger partial charge in [-0.15, -0.1) is 0 Å². The predicted octanol–water partition coefficient (Wildman–Crippen LogP) is 5.30. The van der Waals surface area contributed by atoms with Crippen LogP contribution in [0, 0.1) is 0 Å². The summed E-state index contributed by atoms with van der Waals surface area (Å²) < 4.78 is 11.3. The van der Waals surface area contributed by atoms with Crippen LogP contribution in [0.2, 0.25) is 0 Å². The van der Waals surface area contributed by atoms with Crippen molar-refractivity contribution in [3.63, 3.8) is 0 Å². The van der Waals surface area contributed by atoms with Crippen LogP contribution >= 0.6 is 0 Å². The zero-order valence-corrected chi connectivity index (χ0v) is 19.7. The molecule has 0 spiro atoms. The van der Waals surface area contributed by atoms with Gasteiger partial charge in [0.1, 0.15) is 17.2 Å². The van der Waals surface area contributed by atoms with E-state index in [9.17, 15) is 9.59 Å². The highest BCUT2D eigenvalue weighted by molar-refractivity contribution is 6.46. The SMILES string of the molecule is CCCOc1cccc(N2C(=O)C(c3ccc(OCC)cc3)=C(N(C)c3ccccc3)C2=O)c1. The van der Waals surface area contributed by atoms with Crippen molar-refractivity contribution in [2.45, 2.75) is 20.3 Å². The summed E-state index contributed by atoms with van der Waals surface area (Å²) in [5.74, 6) is 0.569. The minimum atomic E-state index is -0.382. The molecule has 1 aliphatic rings. The molecule has 0 N–H and O–H groups in total. The fraction of sp³-hybridized carbons (Fsp3) is 0.214. The van der Waals surface area contributed by atoms with Crippen LogP contribution in [-0.4, -0.2) is 32.1 Å². The van der Waals surface area contributed by atoms with Crippen LogP contribution in [0.3, 0.4) is 0 Å². The molecule has 0 atom stereocenters. The molecule has 0 saturated carbocycles. The van der Waals surface area contributed by atoms with Crippen molar-refractivity contribution in [1.82, 2.24) is 0 Å². The van der Waals surface area contributed by atoms with Gasteiger partial charge in [0.25, 0.3) is 11.8 Å². The molecule has 0 fully saturated rings. The van der Waals surface area contributed by atoms with Crippen molar-refractivity contribution >= 4 is 28.8 Å². The Hall–Kier alpha value is -4.06. The topological polar surface area (TPSA) is 59.1 Å². The molecule has 0 aliphatic carbocycles. The molecule has 1 heterocycles. The van der Waals surface area contributed by atoms with E-state index in [1.54, 1.807) is 30.1 Å². The van der Waals surface area contributed by atoms with Crippen LogP contribution in [0.15, 0.2) is 84.6 Å². The number of anilines is 2. The van der Waals surface area contributed by atoms with Gasteiger partial charge in [0.2, 0.25) is 0 Å². The average Bonchev–Trinajstić information content (AvgIpc) is 3.13. The van der Waals surface area contributed by atoms with E-state index in [0.717, 1.165) is 12.1 Å². The van der Waals surface area contributed by atoms with Crippen LogP contribution in [-0.2, 0) is 9.59 Å². The molecule has 6 heteroatoms. The molecule has 0 aromatic heterocycles. The maximum Gasteiger partial charge on any atom is 0.282 e. The summed E-state index contributed by atoms with van der Waals surface area (Å²) in [6.07, 6.45) is 0.862. The summed E-state index contributed by atoms with van der Waals surface area (Å²) in [5, 5.41) is 0. The Labute approximate surface area is 200 Å². The Kier molecular flexibility index (Phi) is 6.97. The van der Waals surface area contributed by atoms with Gasteiger partial charge in [-0.25, -0.2) is 4.90 Å². The van der Waals surface area contributed by atoms with Gasteiger partial charge in [0.05, 0.1) is 24.5 Å². The number of amides is 2. The first-order chi connectivity index (χ1) is 16.5. The summed E-state index contributed by atoms with van der Waals surface area (Å²) in [6, 6.07) is 23.9. The third-order valence-corrected chi connectivity index (χ3v) is 5.54. The smallest absolute Gasteiger partial charge is 0.282 e. The van der Waals surface area contributed by atoms with E-state index in [1.807, 2.05) is 74.5 Å². The number of benzene rings is 3. The van der Waals surface area contributed by atoms with E-state index in [2.05, 4.69) is 0 Å². The van der Waals surface area contributed by atoms with E-state index in [0.29, 0.717) is 47.2 Å². The average molecular weight is 457 g/mol. The first kappa shape index (κ1) is 23.1. The molecule has 6 nitrogen and oxygen atoms in total. The molecular weight excluding hydrogens is 428 g/mol. The number of rotatable bonds is 9. The number of carbonyl (C=O) groups excluding carboxylic acids is 2. The molecule has 0 unspecified atom stereocenters. The molecular formula is C28H28N2O4. The van der Waals surface area contributed by atoms with E-state index in [-0.39, 0.29) is 11.8 Å². The number of hydrogen-bond acceptors (Lipinski definition) is 5. The van der Waals surface area contributed by atoms with Crippen molar-refractivity contribution in [3.8, 4) is 11.5 Å². The molecule has 3 aromatic carbocycles. The maximum atomic E-state index is 13.7. The monoisotopic (exact) mass is 456 g/mol. The fourth-order valence-electron chi connectivity index (χ4n) is 3.92. The van der Waals surface area contributed by atoms with Crippen LogP contribution in [0.5, 0.6) is 11.5 Å². The number of carbonyl (C=O) groups is 2. The molecule has 0 radical (unpaired) electrons. The normalized spacial score (nSPS) is 13.4. The summed E-state index contributed by atoms with van der Waals surface area (Å²) in [4.78, 5) is 30.5. The number of ether oxygens (including phenoxy) is 2. The first-order valence-corrected chi connectivity index (χ1v) is 11.4. The maximum absolute atomic E-state index is 13.7. The lowest BCUT2D eigenvalue weighted by molar-refractivity contribution is -0.120. The van der Waals surface area contributed by atoms with Gasteiger partial charge in [-0.1, -0.05) is 43.3 Å². The second-order valence-corrected chi connectivity index (χ2v) is 7.87. The Morgan fingerprint density at radius 3 is 2.21 bits per heavy atom. The van der Waals surface area contributed by atoms with Gasteiger partial charge in [0, 0.05) is 18.8 Å². The zero-order chi connectivity index (χ0) is 24.1. The van der Waals surface area contributed by atoms with E-state index in [1.165, 1.54) is 4.90 Å². The van der Waals surface area contributed by atoms with Gasteiger partial charge < -0.3 is 14.4 Å². The quantitative estimate of drug-likeness (QED) is 0.409. The molecule has 0 saturated heterocycles. The zero-order valence-electron chi connectivity index (χ0n) is 19.7. The lowest BCUT2D eigenvalue weighted by Crippen LogP contribution is -2.34. The van der Waals surface area contributed by atoms with Crippen molar-refractivity contribution in [2.24, 2.45) is 0 Å². The van der Waals surface area contributed by atoms with Crippen molar-refractivity contribution in [2.75, 3.05) is 30.1 Å². The van der Waals surface area contributed by atoms with Crippen molar-refractivity contribution < 1.29 is 19.1 Å². The van der Waals surface area contributed by atoms with Gasteiger partial charge in [0.15, 0.2) is 0 Å². The van der Waals surface area contributed by atoms with Crippen LogP contribution in [0.4, 0.5) is 11.4 Å². The Morgan fingerprint density at radius 1 is 0.794 bits per heavy atom. The standard InChI is InChI=1S/C28H28N2O4/c1-4-18-34-24-13-9-12-22(19-24)30-27(31)25(20-14-16-23(17-15-20)33-5-2)26(28(30)32)29(3)21-10-7-6-8-11-21/h6-17,19H,4-5,18H2,1-3H3. The molecule has 1 aliphatic heterocycles. The second-order valence-electron chi connectivity index (χ2n) is 7.87. The number of likely N-dealkylation sites (N-methyl/N-ethyl adjacent to an activating group) is 1. The van der Waals surface area contributed by atoms with Crippen LogP contribution < -0.4 is 19.3 Å². The minimum absolute atomic E-state index is 0.320. The van der Waals surface area contributed by atoms with Crippen LogP contribution in [0.25, 0.3) is 5.57 Å². The summed E-state index contributed by atoms with van der Waals surface area (Å²) >= 11 is 0. The van der Waals surface area contributed by atoms with Crippen molar-refractivity contribution in [1.29, 1.82) is 0 Å². The van der Waals surface area contributed by atoms with E-state index in [4.69, 9.17) is 9.47 Å². The number of nitrogens with zero attached hydrogens (tertiary/aromatic N) is 2. The molecule has 34 heavy (non-hydrogen) atoms. The molecule has 3 aromatic rings. The Bertz CT molecular complexity index is 1200. The molecule has 174 valence electrons. The van der Waals surface area contributed by atoms with Crippen LogP contribution in [0.1, 0.15) is 25.8 Å². The minimum Gasteiger partial charge on any atom is -0.494 e. The second kappa shape index (κ2) is 10.3. The van der Waals surface area contributed by atoms with Gasteiger partial charge in [-0.3, -0.25) is 9.59 Å².